The summed E-state index contributed by atoms with van der Waals surface area (Å²) in [6.45, 7) is 6.31. The highest BCUT2D eigenvalue weighted by atomic mass is 32.1. The van der Waals surface area contributed by atoms with Gasteiger partial charge in [-0.15, -0.1) is 0 Å². The van der Waals surface area contributed by atoms with E-state index in [0.717, 1.165) is 16.1 Å². The topological polar surface area (TPSA) is 105 Å². The van der Waals surface area contributed by atoms with Gasteiger partial charge in [-0.2, -0.15) is 5.26 Å². The van der Waals surface area contributed by atoms with Gasteiger partial charge in [0.1, 0.15) is 11.4 Å². The fraction of sp³-hybridized carbons (Fsp3) is 0.429. The van der Waals surface area contributed by atoms with Crippen LogP contribution in [0.15, 0.2) is 24.3 Å². The molecule has 3 rings (SSSR count). The molecule has 1 aliphatic heterocycles. The lowest BCUT2D eigenvalue weighted by atomic mass is 10.2. The maximum absolute atomic E-state index is 12.3. The number of aromatic nitrogens is 1. The molecule has 0 aliphatic carbocycles. The molecule has 0 saturated carbocycles. The molecule has 0 bridgehead atoms. The zero-order valence-corrected chi connectivity index (χ0v) is 18.0. The maximum Gasteiger partial charge on any atom is 0.410 e. The summed E-state index contributed by atoms with van der Waals surface area (Å²) in [4.78, 5) is 31.5. The van der Waals surface area contributed by atoms with Crippen molar-refractivity contribution in [3.05, 3.63) is 40.4 Å². The quantitative estimate of drug-likeness (QED) is 0.781. The van der Waals surface area contributed by atoms with Gasteiger partial charge in [0.2, 0.25) is 0 Å². The number of nitrogens with zero attached hydrogens (tertiary/aromatic N) is 3. The van der Waals surface area contributed by atoms with Gasteiger partial charge in [-0.3, -0.25) is 10.1 Å². The Morgan fingerprint density at radius 1 is 1.30 bits per heavy atom. The Balaban J connectivity index is 1.52. The van der Waals surface area contributed by atoms with Crippen LogP contribution in [0.3, 0.4) is 0 Å². The number of carbonyl (C=O) groups excluding carboxylic acids is 2. The lowest BCUT2D eigenvalue weighted by Gasteiger charge is -2.29. The summed E-state index contributed by atoms with van der Waals surface area (Å²) >= 11 is 1.35. The van der Waals surface area contributed by atoms with E-state index in [4.69, 9.17) is 14.7 Å². The van der Waals surface area contributed by atoms with Crippen LogP contribution in [-0.4, -0.2) is 40.6 Å². The molecule has 8 nitrogen and oxygen atoms in total. The predicted octanol–water partition coefficient (Wildman–Crippen LogP) is 3.52. The summed E-state index contributed by atoms with van der Waals surface area (Å²) in [5, 5.41) is 11.9. The molecule has 1 aromatic carbocycles. The van der Waals surface area contributed by atoms with Gasteiger partial charge in [0.15, 0.2) is 11.7 Å². The van der Waals surface area contributed by atoms with Crippen molar-refractivity contribution in [3.8, 4) is 11.8 Å². The van der Waals surface area contributed by atoms with Crippen molar-refractivity contribution in [2.24, 2.45) is 0 Å². The summed E-state index contributed by atoms with van der Waals surface area (Å²) in [6, 6.07) is 9.13. The number of nitrogens with one attached hydrogen (secondary N) is 1. The fourth-order valence-electron chi connectivity index (χ4n) is 2.83. The lowest BCUT2D eigenvalue weighted by molar-refractivity contribution is -0.118. The van der Waals surface area contributed by atoms with Gasteiger partial charge < -0.3 is 14.4 Å². The first-order chi connectivity index (χ1) is 14.2. The van der Waals surface area contributed by atoms with Crippen LogP contribution in [0, 0.1) is 11.3 Å². The van der Waals surface area contributed by atoms with Crippen molar-refractivity contribution in [3.63, 3.8) is 0 Å². The number of fused-ring (bicyclic) bond motifs is 1. The third-order valence-electron chi connectivity index (χ3n) is 4.21. The number of benzene rings is 1. The molecule has 0 saturated heterocycles. The second-order valence-electron chi connectivity index (χ2n) is 7.86. The molecule has 0 radical (unpaired) electrons. The van der Waals surface area contributed by atoms with Gasteiger partial charge in [0, 0.05) is 17.8 Å². The highest BCUT2D eigenvalue weighted by molar-refractivity contribution is 7.15. The minimum absolute atomic E-state index is 0.147. The van der Waals surface area contributed by atoms with Crippen molar-refractivity contribution in [2.75, 3.05) is 18.5 Å². The van der Waals surface area contributed by atoms with Gasteiger partial charge in [0.05, 0.1) is 24.7 Å². The number of rotatable bonds is 5. The number of hydrogen-bond donors (Lipinski definition) is 1. The fourth-order valence-corrected chi connectivity index (χ4v) is 3.87. The molecular weight excluding hydrogens is 404 g/mol. The van der Waals surface area contributed by atoms with E-state index in [1.54, 1.807) is 29.2 Å². The van der Waals surface area contributed by atoms with Crippen molar-refractivity contribution in [1.29, 1.82) is 5.26 Å². The van der Waals surface area contributed by atoms with Crippen LogP contribution < -0.4 is 10.1 Å². The SMILES string of the molecule is CC(C)(C)OC(=O)N1CCc2nc(NC(=O)COc3ccc(CC#N)cc3)sc2C1. The third-order valence-corrected chi connectivity index (χ3v) is 5.20. The third kappa shape index (κ3) is 5.94. The second-order valence-corrected chi connectivity index (χ2v) is 8.94. The summed E-state index contributed by atoms with van der Waals surface area (Å²) in [5.41, 5.74) is 1.24. The predicted molar refractivity (Wildman–Crippen MR) is 112 cm³/mol. The Morgan fingerprint density at radius 2 is 2.03 bits per heavy atom. The van der Waals surface area contributed by atoms with Gasteiger partial charge in [-0.1, -0.05) is 23.5 Å². The smallest absolute Gasteiger partial charge is 0.410 e. The van der Waals surface area contributed by atoms with E-state index in [2.05, 4.69) is 16.4 Å². The molecule has 2 heterocycles. The van der Waals surface area contributed by atoms with Crippen LogP contribution >= 0.6 is 11.3 Å². The van der Waals surface area contributed by atoms with Crippen LogP contribution in [0.2, 0.25) is 0 Å². The van der Waals surface area contributed by atoms with Crippen LogP contribution in [0.4, 0.5) is 9.93 Å². The summed E-state index contributed by atoms with van der Waals surface area (Å²) in [7, 11) is 0. The van der Waals surface area contributed by atoms with Gasteiger partial charge in [0.25, 0.3) is 5.91 Å². The summed E-state index contributed by atoms with van der Waals surface area (Å²) in [6.07, 6.45) is 0.606. The molecule has 0 spiro atoms. The number of hydrogen-bond acceptors (Lipinski definition) is 7. The van der Waals surface area contributed by atoms with E-state index in [-0.39, 0.29) is 18.6 Å². The van der Waals surface area contributed by atoms with Crippen molar-refractivity contribution in [1.82, 2.24) is 9.88 Å². The monoisotopic (exact) mass is 428 g/mol. The molecule has 1 N–H and O–H groups in total. The molecule has 0 fully saturated rings. The summed E-state index contributed by atoms with van der Waals surface area (Å²) < 4.78 is 10.9. The molecule has 30 heavy (non-hydrogen) atoms. The largest absolute Gasteiger partial charge is 0.484 e. The number of nitriles is 1. The standard InChI is InChI=1S/C21H24N4O4S/c1-21(2,3)29-20(27)25-11-9-16-17(12-25)30-19(23-16)24-18(26)13-28-15-6-4-14(5-7-15)8-10-22/h4-7H,8-9,11-13H2,1-3H3,(H,23,24,26). The van der Waals surface area contributed by atoms with Crippen LogP contribution in [0.5, 0.6) is 5.75 Å². The van der Waals surface area contributed by atoms with Crippen molar-refractivity contribution in [2.45, 2.75) is 45.8 Å². The lowest BCUT2D eigenvalue weighted by Crippen LogP contribution is -2.39. The van der Waals surface area contributed by atoms with Crippen molar-refractivity contribution < 1.29 is 19.1 Å². The number of thiazole rings is 1. The maximum atomic E-state index is 12.3. The van der Waals surface area contributed by atoms with Gasteiger partial charge >= 0.3 is 6.09 Å². The first-order valence-corrected chi connectivity index (χ1v) is 10.4. The minimum atomic E-state index is -0.541. The molecule has 2 aromatic rings. The Kier molecular flexibility index (Phi) is 6.57. The number of anilines is 1. The van der Waals surface area contributed by atoms with Crippen LogP contribution in [0.1, 0.15) is 36.9 Å². The minimum Gasteiger partial charge on any atom is -0.484 e. The average Bonchev–Trinajstić information content (AvgIpc) is 3.07. The Bertz CT molecular complexity index is 957. The molecule has 9 heteroatoms. The molecular formula is C21H24N4O4S. The summed E-state index contributed by atoms with van der Waals surface area (Å²) in [5.74, 6) is 0.240. The van der Waals surface area contributed by atoms with Gasteiger partial charge in [-0.25, -0.2) is 9.78 Å². The van der Waals surface area contributed by atoms with Crippen LogP contribution in [0.25, 0.3) is 0 Å². The van der Waals surface area contributed by atoms with E-state index in [9.17, 15) is 9.59 Å². The highest BCUT2D eigenvalue weighted by Gasteiger charge is 2.28. The highest BCUT2D eigenvalue weighted by Crippen LogP contribution is 2.29. The zero-order chi connectivity index (χ0) is 21.7. The Morgan fingerprint density at radius 3 is 2.70 bits per heavy atom. The Labute approximate surface area is 179 Å². The first kappa shape index (κ1) is 21.6. The molecule has 0 unspecified atom stereocenters. The van der Waals surface area contributed by atoms with Gasteiger partial charge in [-0.05, 0) is 38.5 Å². The molecule has 0 atom stereocenters. The molecule has 2 amide bonds. The van der Waals surface area contributed by atoms with E-state index < -0.39 is 5.60 Å². The molecule has 1 aromatic heterocycles. The van der Waals surface area contributed by atoms with Crippen molar-refractivity contribution >= 4 is 28.5 Å². The van der Waals surface area contributed by atoms with Crippen LogP contribution in [-0.2, 0) is 28.9 Å². The average molecular weight is 429 g/mol. The number of carbonyl (C=O) groups is 2. The first-order valence-electron chi connectivity index (χ1n) is 9.58. The van der Waals surface area contributed by atoms with E-state index in [0.29, 0.717) is 36.8 Å². The normalized spacial score (nSPS) is 13.2. The molecule has 158 valence electrons. The van der Waals surface area contributed by atoms with E-state index >= 15 is 0 Å². The van der Waals surface area contributed by atoms with E-state index in [1.807, 2.05) is 20.8 Å². The second kappa shape index (κ2) is 9.13. The number of amides is 2. The molecule has 1 aliphatic rings. The van der Waals surface area contributed by atoms with E-state index in [1.165, 1.54) is 11.3 Å². The zero-order valence-electron chi connectivity index (χ0n) is 17.2. The Hall–Kier alpha value is -3.12. The number of ether oxygens (including phenoxy) is 2.